The lowest BCUT2D eigenvalue weighted by Gasteiger charge is -1.96. The summed E-state index contributed by atoms with van der Waals surface area (Å²) in [6.45, 7) is 4.32. The van der Waals surface area contributed by atoms with Gasteiger partial charge in [0.05, 0.1) is 0 Å². The van der Waals surface area contributed by atoms with Crippen LogP contribution in [0.25, 0.3) is 0 Å². The number of furan rings is 1. The Labute approximate surface area is 110 Å². The lowest BCUT2D eigenvalue weighted by molar-refractivity contribution is 0.489. The third kappa shape index (κ3) is 3.49. The minimum Gasteiger partial charge on any atom is -0.466 e. The molecule has 0 aliphatic heterocycles. The Morgan fingerprint density at radius 1 is 1.06 bits per heavy atom. The number of unbranched alkanes of at least 4 members (excludes halogenated alkanes) is 2. The van der Waals surface area contributed by atoms with Crippen molar-refractivity contribution in [3.63, 3.8) is 0 Å². The van der Waals surface area contributed by atoms with Crippen LogP contribution in [0.2, 0.25) is 0 Å². The molecule has 1 nitrogen and oxygen atoms in total. The maximum absolute atomic E-state index is 5.85. The third-order valence-electron chi connectivity index (χ3n) is 3.34. The van der Waals surface area contributed by atoms with Crippen LogP contribution >= 0.6 is 0 Å². The van der Waals surface area contributed by atoms with Crippen LogP contribution in [-0.2, 0) is 12.8 Å². The first kappa shape index (κ1) is 12.9. The molecular weight excluding hydrogens is 220 g/mol. The van der Waals surface area contributed by atoms with Crippen molar-refractivity contribution in [1.82, 2.24) is 0 Å². The average molecular weight is 242 g/mol. The van der Waals surface area contributed by atoms with Crippen LogP contribution < -0.4 is 0 Å². The van der Waals surface area contributed by atoms with Gasteiger partial charge in [-0.3, -0.25) is 0 Å². The molecule has 1 aromatic heterocycles. The molecule has 0 saturated heterocycles. The van der Waals surface area contributed by atoms with Crippen LogP contribution in [0.5, 0.6) is 0 Å². The van der Waals surface area contributed by atoms with Crippen molar-refractivity contribution in [1.29, 1.82) is 0 Å². The van der Waals surface area contributed by atoms with E-state index in [4.69, 9.17) is 4.42 Å². The van der Waals surface area contributed by atoms with E-state index in [2.05, 4.69) is 44.2 Å². The van der Waals surface area contributed by atoms with Crippen LogP contribution in [0.1, 0.15) is 48.8 Å². The minimum atomic E-state index is 0.898. The number of aryl methyl sites for hydroxylation is 2. The van der Waals surface area contributed by atoms with Gasteiger partial charge in [0, 0.05) is 6.42 Å². The molecule has 0 atom stereocenters. The molecule has 0 aliphatic carbocycles. The van der Waals surface area contributed by atoms with Gasteiger partial charge in [-0.25, -0.2) is 0 Å². The number of rotatable bonds is 6. The van der Waals surface area contributed by atoms with E-state index in [1.54, 1.807) is 0 Å². The molecule has 0 saturated carbocycles. The molecule has 1 heterocycles. The Morgan fingerprint density at radius 2 is 1.83 bits per heavy atom. The Balaban J connectivity index is 2.00. The van der Waals surface area contributed by atoms with E-state index in [-0.39, 0.29) is 0 Å². The van der Waals surface area contributed by atoms with Crippen molar-refractivity contribution in [3.8, 4) is 0 Å². The molecule has 0 aliphatic rings. The zero-order valence-electron chi connectivity index (χ0n) is 11.4. The predicted molar refractivity (Wildman–Crippen MR) is 75.9 cm³/mol. The summed E-state index contributed by atoms with van der Waals surface area (Å²) in [5.74, 6) is 2.18. The fourth-order valence-electron chi connectivity index (χ4n) is 2.29. The van der Waals surface area contributed by atoms with Crippen LogP contribution in [0, 0.1) is 6.92 Å². The molecule has 0 unspecified atom stereocenters. The van der Waals surface area contributed by atoms with Gasteiger partial charge in [0.1, 0.15) is 11.5 Å². The van der Waals surface area contributed by atoms with Gasteiger partial charge in [-0.1, -0.05) is 50.1 Å². The molecule has 0 amide bonds. The van der Waals surface area contributed by atoms with Crippen molar-refractivity contribution in [2.75, 3.05) is 0 Å². The smallest absolute Gasteiger partial charge is 0.108 e. The van der Waals surface area contributed by atoms with Crippen molar-refractivity contribution >= 4 is 0 Å². The molecule has 2 aromatic rings. The highest BCUT2D eigenvalue weighted by Gasteiger charge is 2.07. The Hall–Kier alpha value is -1.50. The molecule has 0 fully saturated rings. The topological polar surface area (TPSA) is 13.1 Å². The van der Waals surface area contributed by atoms with Gasteiger partial charge < -0.3 is 4.42 Å². The molecule has 96 valence electrons. The lowest BCUT2D eigenvalue weighted by Crippen LogP contribution is -1.85. The van der Waals surface area contributed by atoms with E-state index < -0.39 is 0 Å². The van der Waals surface area contributed by atoms with E-state index >= 15 is 0 Å². The van der Waals surface area contributed by atoms with Gasteiger partial charge in [0.2, 0.25) is 0 Å². The first-order valence-corrected chi connectivity index (χ1v) is 6.91. The van der Waals surface area contributed by atoms with Crippen LogP contribution in [0.3, 0.4) is 0 Å². The highest BCUT2D eigenvalue weighted by molar-refractivity contribution is 5.26. The minimum absolute atomic E-state index is 0.898. The first-order valence-electron chi connectivity index (χ1n) is 6.91. The molecule has 0 radical (unpaired) electrons. The van der Waals surface area contributed by atoms with Crippen LogP contribution in [0.4, 0.5) is 0 Å². The molecular formula is C17H22O. The maximum atomic E-state index is 5.85. The summed E-state index contributed by atoms with van der Waals surface area (Å²) in [5.41, 5.74) is 2.70. The summed E-state index contributed by atoms with van der Waals surface area (Å²) in [4.78, 5) is 0. The largest absolute Gasteiger partial charge is 0.466 e. The summed E-state index contributed by atoms with van der Waals surface area (Å²) < 4.78 is 5.85. The van der Waals surface area contributed by atoms with E-state index in [0.29, 0.717) is 0 Å². The standard InChI is InChI=1S/C17H22O/c1-3-4-6-11-16-13-17(18-14(16)2)12-15-9-7-5-8-10-15/h5,7-10,13H,3-4,6,11-12H2,1-2H3. The SMILES string of the molecule is CCCCCc1cc(Cc2ccccc2)oc1C. The summed E-state index contributed by atoms with van der Waals surface area (Å²) in [7, 11) is 0. The fourth-order valence-corrected chi connectivity index (χ4v) is 2.29. The molecule has 1 aromatic carbocycles. The summed E-state index contributed by atoms with van der Waals surface area (Å²) in [6, 6.07) is 12.7. The second kappa shape index (κ2) is 6.44. The average Bonchev–Trinajstić information content (AvgIpc) is 2.71. The van der Waals surface area contributed by atoms with Crippen molar-refractivity contribution < 1.29 is 4.42 Å². The van der Waals surface area contributed by atoms with Crippen molar-refractivity contribution in [3.05, 3.63) is 59.0 Å². The fraction of sp³-hybridized carbons (Fsp3) is 0.412. The Kier molecular flexibility index (Phi) is 4.63. The molecule has 1 heteroatoms. The third-order valence-corrected chi connectivity index (χ3v) is 3.34. The van der Waals surface area contributed by atoms with E-state index in [1.807, 2.05) is 6.07 Å². The number of benzene rings is 1. The zero-order chi connectivity index (χ0) is 12.8. The molecule has 0 N–H and O–H groups in total. The van der Waals surface area contributed by atoms with Crippen molar-refractivity contribution in [2.24, 2.45) is 0 Å². The van der Waals surface area contributed by atoms with Gasteiger partial charge in [-0.05, 0) is 37.0 Å². The highest BCUT2D eigenvalue weighted by Crippen LogP contribution is 2.19. The Morgan fingerprint density at radius 3 is 2.56 bits per heavy atom. The summed E-state index contributed by atoms with van der Waals surface area (Å²) in [6.07, 6.45) is 5.89. The second-order valence-electron chi connectivity index (χ2n) is 4.91. The van der Waals surface area contributed by atoms with Gasteiger partial charge in [-0.15, -0.1) is 0 Å². The molecule has 0 spiro atoms. The first-order chi connectivity index (χ1) is 8.79. The second-order valence-corrected chi connectivity index (χ2v) is 4.91. The molecule has 0 bridgehead atoms. The summed E-state index contributed by atoms with van der Waals surface area (Å²) in [5, 5.41) is 0. The molecule has 18 heavy (non-hydrogen) atoms. The van der Waals surface area contributed by atoms with E-state index in [1.165, 1.54) is 30.4 Å². The number of hydrogen-bond acceptors (Lipinski definition) is 1. The zero-order valence-corrected chi connectivity index (χ0v) is 11.4. The van der Waals surface area contributed by atoms with Gasteiger partial charge >= 0.3 is 0 Å². The van der Waals surface area contributed by atoms with Gasteiger partial charge in [-0.2, -0.15) is 0 Å². The van der Waals surface area contributed by atoms with Crippen LogP contribution in [0.15, 0.2) is 40.8 Å². The van der Waals surface area contributed by atoms with E-state index in [0.717, 1.165) is 24.4 Å². The molecule has 2 rings (SSSR count). The van der Waals surface area contributed by atoms with E-state index in [9.17, 15) is 0 Å². The normalized spacial score (nSPS) is 10.8. The highest BCUT2D eigenvalue weighted by atomic mass is 16.3. The Bertz CT molecular complexity index is 468. The van der Waals surface area contributed by atoms with Crippen LogP contribution in [-0.4, -0.2) is 0 Å². The van der Waals surface area contributed by atoms with Gasteiger partial charge in [0.25, 0.3) is 0 Å². The lowest BCUT2D eigenvalue weighted by atomic mass is 10.1. The van der Waals surface area contributed by atoms with Crippen molar-refractivity contribution in [2.45, 2.75) is 46.0 Å². The maximum Gasteiger partial charge on any atom is 0.108 e. The van der Waals surface area contributed by atoms with Gasteiger partial charge in [0.15, 0.2) is 0 Å². The quantitative estimate of drug-likeness (QED) is 0.656. The summed E-state index contributed by atoms with van der Waals surface area (Å²) >= 11 is 0. The monoisotopic (exact) mass is 242 g/mol. The number of hydrogen-bond donors (Lipinski definition) is 0. The predicted octanol–water partition coefficient (Wildman–Crippen LogP) is 4.91.